The first kappa shape index (κ1) is 20.7. The Morgan fingerprint density at radius 3 is 2.33 bits per heavy atom. The van der Waals surface area contributed by atoms with Gasteiger partial charge in [-0.2, -0.15) is 0 Å². The molecule has 1 aliphatic rings. The minimum atomic E-state index is 0.221. The van der Waals surface area contributed by atoms with Gasteiger partial charge in [-0.25, -0.2) is 0 Å². The molecule has 0 atom stereocenters. The molecule has 7 heteroatoms. The average molecular weight is 439 g/mol. The summed E-state index contributed by atoms with van der Waals surface area (Å²) in [4.78, 5) is 17.8. The monoisotopic (exact) mass is 438 g/mol. The van der Waals surface area contributed by atoms with Crippen LogP contribution in [0.4, 0.5) is 5.82 Å². The highest BCUT2D eigenvalue weighted by Crippen LogP contribution is 2.26. The van der Waals surface area contributed by atoms with Crippen LogP contribution >= 0.6 is 23.4 Å². The molecule has 3 aromatic rings. The Labute approximate surface area is 186 Å². The Morgan fingerprint density at radius 2 is 1.63 bits per heavy atom. The highest BCUT2D eigenvalue weighted by atomic mass is 35.5. The van der Waals surface area contributed by atoms with E-state index in [0.29, 0.717) is 24.5 Å². The van der Waals surface area contributed by atoms with Gasteiger partial charge in [0.05, 0.1) is 10.7 Å². The first-order valence-corrected chi connectivity index (χ1v) is 11.4. The Bertz CT molecular complexity index is 976. The Kier molecular flexibility index (Phi) is 6.87. The van der Waals surface area contributed by atoms with Crippen LogP contribution < -0.4 is 4.90 Å². The summed E-state index contributed by atoms with van der Waals surface area (Å²) < 4.78 is 0. The van der Waals surface area contributed by atoms with Crippen molar-refractivity contribution in [3.63, 3.8) is 0 Å². The van der Waals surface area contributed by atoms with Crippen molar-refractivity contribution in [1.82, 2.24) is 15.1 Å². The molecule has 0 aliphatic carbocycles. The molecule has 154 valence electrons. The predicted octanol–water partition coefficient (Wildman–Crippen LogP) is 4.63. The van der Waals surface area contributed by atoms with E-state index in [1.165, 1.54) is 4.90 Å². The van der Waals surface area contributed by atoms with Crippen LogP contribution in [-0.2, 0) is 4.79 Å². The summed E-state index contributed by atoms with van der Waals surface area (Å²) in [6.07, 6.45) is 0.561. The molecule has 0 saturated carbocycles. The van der Waals surface area contributed by atoms with Gasteiger partial charge in [0.25, 0.3) is 0 Å². The van der Waals surface area contributed by atoms with Gasteiger partial charge in [-0.05, 0) is 30.3 Å². The summed E-state index contributed by atoms with van der Waals surface area (Å²) >= 11 is 7.97. The van der Waals surface area contributed by atoms with Crippen LogP contribution in [0.3, 0.4) is 0 Å². The number of carbonyl (C=O) groups excluding carboxylic acids is 1. The number of benzene rings is 2. The molecule has 0 spiro atoms. The van der Waals surface area contributed by atoms with Gasteiger partial charge in [-0.15, -0.1) is 22.0 Å². The first-order valence-electron chi connectivity index (χ1n) is 10.00. The molecule has 1 aliphatic heterocycles. The maximum absolute atomic E-state index is 12.5. The lowest BCUT2D eigenvalue weighted by Gasteiger charge is -2.35. The van der Waals surface area contributed by atoms with Crippen molar-refractivity contribution in [2.24, 2.45) is 0 Å². The number of hydrogen-bond donors (Lipinski definition) is 0. The number of amides is 1. The lowest BCUT2D eigenvalue weighted by atomic mass is 10.1. The lowest BCUT2D eigenvalue weighted by molar-refractivity contribution is -0.131. The van der Waals surface area contributed by atoms with Gasteiger partial charge >= 0.3 is 0 Å². The summed E-state index contributed by atoms with van der Waals surface area (Å²) in [5.41, 5.74) is 1.64. The van der Waals surface area contributed by atoms with E-state index in [4.69, 9.17) is 11.6 Å². The third kappa shape index (κ3) is 5.12. The maximum Gasteiger partial charge on any atom is 0.223 e. The zero-order valence-electron chi connectivity index (χ0n) is 16.6. The molecule has 1 fully saturated rings. The first-order chi connectivity index (χ1) is 14.7. The van der Waals surface area contributed by atoms with E-state index in [2.05, 4.69) is 27.2 Å². The minimum absolute atomic E-state index is 0.221. The van der Waals surface area contributed by atoms with Crippen molar-refractivity contribution in [2.75, 3.05) is 36.8 Å². The van der Waals surface area contributed by atoms with E-state index in [1.807, 2.05) is 59.5 Å². The number of thioether (sulfide) groups is 1. The Balaban J connectivity index is 1.27. The third-order valence-corrected chi connectivity index (χ3v) is 6.43. The highest BCUT2D eigenvalue weighted by molar-refractivity contribution is 7.99. The molecule has 1 saturated heterocycles. The van der Waals surface area contributed by atoms with Crippen molar-refractivity contribution < 1.29 is 4.79 Å². The SMILES string of the molecule is O=C(CCSc1ccccc1)N1CCN(c2ccc(-c3ccccc3Cl)nn2)CC1. The normalized spacial score (nSPS) is 14.0. The summed E-state index contributed by atoms with van der Waals surface area (Å²) in [5.74, 6) is 1.86. The molecule has 1 amide bonds. The van der Waals surface area contributed by atoms with Gasteiger partial charge in [0.2, 0.25) is 5.91 Å². The minimum Gasteiger partial charge on any atom is -0.352 e. The summed E-state index contributed by atoms with van der Waals surface area (Å²) in [6.45, 7) is 2.95. The number of piperazine rings is 1. The second-order valence-electron chi connectivity index (χ2n) is 7.04. The van der Waals surface area contributed by atoms with Crippen molar-refractivity contribution in [3.05, 3.63) is 71.8 Å². The third-order valence-electron chi connectivity index (χ3n) is 5.08. The van der Waals surface area contributed by atoms with E-state index in [9.17, 15) is 4.79 Å². The quantitative estimate of drug-likeness (QED) is 0.525. The van der Waals surface area contributed by atoms with E-state index in [-0.39, 0.29) is 5.91 Å². The van der Waals surface area contributed by atoms with E-state index < -0.39 is 0 Å². The van der Waals surface area contributed by atoms with Gasteiger partial charge in [-0.1, -0.05) is 48.0 Å². The van der Waals surface area contributed by atoms with Crippen LogP contribution in [0.2, 0.25) is 5.02 Å². The summed E-state index contributed by atoms with van der Waals surface area (Å²) in [6, 6.07) is 21.7. The smallest absolute Gasteiger partial charge is 0.223 e. The van der Waals surface area contributed by atoms with Gasteiger partial charge in [0.1, 0.15) is 0 Å². The zero-order valence-corrected chi connectivity index (χ0v) is 18.1. The number of anilines is 1. The average Bonchev–Trinajstić information content (AvgIpc) is 2.80. The van der Waals surface area contributed by atoms with E-state index in [1.54, 1.807) is 11.8 Å². The standard InChI is InChI=1S/C23H23ClN4OS/c24-20-9-5-4-8-19(20)21-10-11-22(26-25-21)27-13-15-28(16-14-27)23(29)12-17-30-18-6-2-1-3-7-18/h1-11H,12-17H2. The number of hydrogen-bond acceptors (Lipinski definition) is 5. The van der Waals surface area contributed by atoms with Crippen molar-refractivity contribution in [1.29, 1.82) is 0 Å². The lowest BCUT2D eigenvalue weighted by Crippen LogP contribution is -2.49. The summed E-state index contributed by atoms with van der Waals surface area (Å²) in [5, 5.41) is 9.40. The molecule has 0 radical (unpaired) electrons. The number of carbonyl (C=O) groups is 1. The molecule has 4 rings (SSSR count). The van der Waals surface area contributed by atoms with Crippen LogP contribution in [0, 0.1) is 0 Å². The van der Waals surface area contributed by atoms with Crippen LogP contribution in [0.25, 0.3) is 11.3 Å². The Morgan fingerprint density at radius 1 is 0.900 bits per heavy atom. The van der Waals surface area contributed by atoms with Crippen LogP contribution in [0.15, 0.2) is 71.6 Å². The Hall–Kier alpha value is -2.57. The predicted molar refractivity (Wildman–Crippen MR) is 123 cm³/mol. The van der Waals surface area contributed by atoms with Gasteiger partial charge in [0, 0.05) is 48.8 Å². The van der Waals surface area contributed by atoms with Crippen LogP contribution in [0.1, 0.15) is 6.42 Å². The molecule has 2 heterocycles. The van der Waals surface area contributed by atoms with Crippen LogP contribution in [0.5, 0.6) is 0 Å². The fraction of sp³-hybridized carbons (Fsp3) is 0.261. The maximum atomic E-state index is 12.5. The van der Waals surface area contributed by atoms with Crippen molar-refractivity contribution in [3.8, 4) is 11.3 Å². The zero-order chi connectivity index (χ0) is 20.8. The van der Waals surface area contributed by atoms with Crippen molar-refractivity contribution >= 4 is 35.1 Å². The molecule has 0 N–H and O–H groups in total. The molecule has 0 bridgehead atoms. The fourth-order valence-electron chi connectivity index (χ4n) is 3.42. The van der Waals surface area contributed by atoms with E-state index in [0.717, 1.165) is 35.9 Å². The molecular weight excluding hydrogens is 416 g/mol. The second-order valence-corrected chi connectivity index (χ2v) is 8.61. The number of aromatic nitrogens is 2. The highest BCUT2D eigenvalue weighted by Gasteiger charge is 2.22. The topological polar surface area (TPSA) is 49.3 Å². The van der Waals surface area contributed by atoms with Gasteiger partial charge in [-0.3, -0.25) is 4.79 Å². The molecular formula is C23H23ClN4OS. The largest absolute Gasteiger partial charge is 0.352 e. The van der Waals surface area contributed by atoms with Crippen LogP contribution in [-0.4, -0.2) is 52.9 Å². The van der Waals surface area contributed by atoms with E-state index >= 15 is 0 Å². The molecule has 1 aromatic heterocycles. The van der Waals surface area contributed by atoms with Gasteiger partial charge < -0.3 is 9.80 Å². The molecule has 2 aromatic carbocycles. The molecule has 0 unspecified atom stereocenters. The summed E-state index contributed by atoms with van der Waals surface area (Å²) in [7, 11) is 0. The number of nitrogens with zero attached hydrogens (tertiary/aromatic N) is 4. The fourth-order valence-corrected chi connectivity index (χ4v) is 4.52. The number of rotatable bonds is 6. The van der Waals surface area contributed by atoms with Gasteiger partial charge in [0.15, 0.2) is 5.82 Å². The number of halogens is 1. The van der Waals surface area contributed by atoms with Crippen molar-refractivity contribution in [2.45, 2.75) is 11.3 Å². The second kappa shape index (κ2) is 9.96. The molecule has 5 nitrogen and oxygen atoms in total. The molecule has 30 heavy (non-hydrogen) atoms.